The number of pyridine rings is 1. The summed E-state index contributed by atoms with van der Waals surface area (Å²) in [6.45, 7) is -0.915. The highest BCUT2D eigenvalue weighted by atomic mass is 35.5. The second kappa shape index (κ2) is 9.60. The van der Waals surface area contributed by atoms with E-state index in [0.29, 0.717) is 10.8 Å². The fourth-order valence-electron chi connectivity index (χ4n) is 3.01. The number of amides is 1. The second-order valence-electron chi connectivity index (χ2n) is 6.67. The van der Waals surface area contributed by atoms with Crippen molar-refractivity contribution in [2.24, 2.45) is 0 Å². The number of aromatic nitrogens is 1. The number of benzene rings is 1. The van der Waals surface area contributed by atoms with Crippen LogP contribution in [0, 0.1) is 0 Å². The van der Waals surface area contributed by atoms with Gasteiger partial charge in [0, 0.05) is 19.2 Å². The van der Waals surface area contributed by atoms with Gasteiger partial charge < -0.3 is 19.9 Å². The van der Waals surface area contributed by atoms with Crippen molar-refractivity contribution < 1.29 is 32.6 Å². The van der Waals surface area contributed by atoms with Crippen molar-refractivity contribution in [2.45, 2.75) is 23.5 Å². The van der Waals surface area contributed by atoms with Gasteiger partial charge >= 0.3 is 5.97 Å². The molecule has 0 saturated carbocycles. The molecule has 2 atom stereocenters. The Morgan fingerprint density at radius 1 is 1.26 bits per heavy atom. The van der Waals surface area contributed by atoms with Gasteiger partial charge in [0.1, 0.15) is 17.6 Å². The Bertz CT molecular complexity index is 1050. The Balaban J connectivity index is 1.66. The zero-order valence-electron chi connectivity index (χ0n) is 16.4. The number of methoxy groups -OCH3 is 1. The maximum Gasteiger partial charge on any atom is 0.325 e. The number of carbonyl (C=O) groups is 2. The Morgan fingerprint density at radius 2 is 1.97 bits per heavy atom. The highest BCUT2D eigenvalue weighted by Crippen LogP contribution is 2.28. The maximum atomic E-state index is 13.0. The Morgan fingerprint density at radius 3 is 2.58 bits per heavy atom. The number of anilines is 1. The van der Waals surface area contributed by atoms with Crippen molar-refractivity contribution in [3.05, 3.63) is 47.6 Å². The van der Waals surface area contributed by atoms with Crippen molar-refractivity contribution in [3.63, 3.8) is 0 Å². The minimum absolute atomic E-state index is 0.0632. The van der Waals surface area contributed by atoms with Gasteiger partial charge in [-0.3, -0.25) is 9.59 Å². The molecular formula is C19H20ClN3O7S. The molecule has 2 aromatic rings. The van der Waals surface area contributed by atoms with Crippen molar-refractivity contribution in [2.75, 3.05) is 25.6 Å². The first-order valence-corrected chi connectivity index (χ1v) is 10.9. The Kier molecular flexibility index (Phi) is 7.11. The lowest BCUT2D eigenvalue weighted by atomic mass is 10.2. The first kappa shape index (κ1) is 22.9. The Labute approximate surface area is 183 Å². The molecule has 0 spiro atoms. The molecule has 12 heteroatoms. The van der Waals surface area contributed by atoms with E-state index in [4.69, 9.17) is 21.1 Å². The van der Waals surface area contributed by atoms with Gasteiger partial charge in [-0.2, -0.15) is 4.31 Å². The van der Waals surface area contributed by atoms with E-state index in [9.17, 15) is 23.1 Å². The Hall–Kier alpha value is -2.73. The number of sulfonamides is 1. The summed E-state index contributed by atoms with van der Waals surface area (Å²) in [7, 11) is -2.64. The van der Waals surface area contributed by atoms with E-state index in [0.717, 1.165) is 4.31 Å². The molecule has 1 aliphatic rings. The van der Waals surface area contributed by atoms with E-state index in [-0.39, 0.29) is 23.7 Å². The predicted molar refractivity (Wildman–Crippen MR) is 110 cm³/mol. The summed E-state index contributed by atoms with van der Waals surface area (Å²) in [6.07, 6.45) is 0.150. The number of β-amino-alcohol motifs (C(OH)–C–C–N with tert-alkyl or cyclic N) is 1. The zero-order chi connectivity index (χ0) is 22.6. The van der Waals surface area contributed by atoms with E-state index >= 15 is 0 Å². The summed E-state index contributed by atoms with van der Waals surface area (Å²) in [5.41, 5.74) is 0. The average molecular weight is 470 g/mol. The fourth-order valence-corrected chi connectivity index (χ4v) is 4.75. The first-order valence-electron chi connectivity index (χ1n) is 9.12. The van der Waals surface area contributed by atoms with Gasteiger partial charge in [-0.05, 0) is 36.4 Å². The number of ether oxygens (including phenoxy) is 2. The molecule has 1 amide bonds. The first-order chi connectivity index (χ1) is 14.7. The number of hydrogen-bond donors (Lipinski definition) is 2. The minimum Gasteiger partial charge on any atom is -0.497 e. The molecule has 1 saturated heterocycles. The van der Waals surface area contributed by atoms with Crippen LogP contribution in [0.5, 0.6) is 5.75 Å². The van der Waals surface area contributed by atoms with Crippen LogP contribution in [0.15, 0.2) is 47.5 Å². The van der Waals surface area contributed by atoms with E-state index in [1.807, 2.05) is 0 Å². The highest BCUT2D eigenvalue weighted by Gasteiger charge is 2.44. The number of esters is 1. The molecule has 1 aromatic carbocycles. The monoisotopic (exact) mass is 469 g/mol. The van der Waals surface area contributed by atoms with Crippen molar-refractivity contribution in [1.29, 1.82) is 0 Å². The van der Waals surface area contributed by atoms with Crippen LogP contribution in [0.2, 0.25) is 5.02 Å². The number of aliphatic hydroxyl groups excluding tert-OH is 1. The number of hydrogen-bond acceptors (Lipinski definition) is 8. The summed E-state index contributed by atoms with van der Waals surface area (Å²) in [4.78, 5) is 28.3. The van der Waals surface area contributed by atoms with Gasteiger partial charge in [-0.1, -0.05) is 11.6 Å². The molecule has 10 nitrogen and oxygen atoms in total. The number of nitrogens with zero attached hydrogens (tertiary/aromatic N) is 2. The van der Waals surface area contributed by atoms with Crippen LogP contribution in [-0.4, -0.2) is 67.1 Å². The van der Waals surface area contributed by atoms with Crippen LogP contribution < -0.4 is 10.1 Å². The summed E-state index contributed by atoms with van der Waals surface area (Å²) >= 11 is 5.72. The highest BCUT2D eigenvalue weighted by molar-refractivity contribution is 7.89. The molecule has 1 fully saturated rings. The van der Waals surface area contributed by atoms with E-state index in [1.165, 1.54) is 49.7 Å². The van der Waals surface area contributed by atoms with Crippen molar-refractivity contribution in [3.8, 4) is 5.75 Å². The average Bonchev–Trinajstić information content (AvgIpc) is 3.16. The van der Waals surface area contributed by atoms with Gasteiger partial charge in [-0.25, -0.2) is 13.4 Å². The molecule has 1 aliphatic heterocycles. The quantitative estimate of drug-likeness (QED) is 0.574. The third-order valence-electron chi connectivity index (χ3n) is 4.51. The van der Waals surface area contributed by atoms with Crippen LogP contribution in [0.4, 0.5) is 5.82 Å². The second-order valence-corrected chi connectivity index (χ2v) is 9.00. The minimum atomic E-state index is -4.09. The van der Waals surface area contributed by atoms with Gasteiger partial charge in [0.25, 0.3) is 5.91 Å². The molecule has 0 bridgehead atoms. The van der Waals surface area contributed by atoms with E-state index in [2.05, 4.69) is 10.3 Å². The smallest absolute Gasteiger partial charge is 0.325 e. The molecule has 3 rings (SSSR count). The van der Waals surface area contributed by atoms with Crippen molar-refractivity contribution in [1.82, 2.24) is 9.29 Å². The van der Waals surface area contributed by atoms with Crippen LogP contribution in [0.25, 0.3) is 0 Å². The normalized spacial score (nSPS) is 19.1. The van der Waals surface area contributed by atoms with E-state index < -0.39 is 40.7 Å². The standard InChI is InChI=1S/C19H20ClN3O7S/c1-29-14-3-5-15(6-4-14)31(27,28)23-10-13(24)8-16(23)19(26)30-11-18(25)22-17-7-2-12(20)9-21-17/h2-7,9,13,16,24H,8,10-11H2,1H3,(H,21,22,25)/t13-,16-/m0/s1. The number of nitrogens with one attached hydrogen (secondary N) is 1. The van der Waals surface area contributed by atoms with Gasteiger partial charge in [0.15, 0.2) is 6.61 Å². The lowest BCUT2D eigenvalue weighted by molar-refractivity contribution is -0.150. The van der Waals surface area contributed by atoms with E-state index in [1.54, 1.807) is 0 Å². The van der Waals surface area contributed by atoms with Crippen molar-refractivity contribution >= 4 is 39.3 Å². The maximum absolute atomic E-state index is 13.0. The van der Waals surface area contributed by atoms with Crippen LogP contribution in [-0.2, 0) is 24.3 Å². The van der Waals surface area contributed by atoms with Gasteiger partial charge in [0.05, 0.1) is 23.1 Å². The SMILES string of the molecule is COc1ccc(S(=O)(=O)N2C[C@@H](O)C[C@H]2C(=O)OCC(=O)Nc2ccc(Cl)cn2)cc1. The number of aliphatic hydroxyl groups is 1. The largest absolute Gasteiger partial charge is 0.497 e. The molecule has 31 heavy (non-hydrogen) atoms. The topological polar surface area (TPSA) is 135 Å². The molecular weight excluding hydrogens is 450 g/mol. The fraction of sp³-hybridized carbons (Fsp3) is 0.316. The van der Waals surface area contributed by atoms with Crippen LogP contribution >= 0.6 is 11.6 Å². The molecule has 0 unspecified atom stereocenters. The molecule has 0 aliphatic carbocycles. The third-order valence-corrected chi connectivity index (χ3v) is 6.62. The van der Waals surface area contributed by atoms with Gasteiger partial charge in [0.2, 0.25) is 10.0 Å². The molecule has 2 N–H and O–H groups in total. The molecule has 0 radical (unpaired) electrons. The molecule has 1 aromatic heterocycles. The molecule has 2 heterocycles. The summed E-state index contributed by atoms with van der Waals surface area (Å²) < 4.78 is 36.8. The van der Waals surface area contributed by atoms with Crippen LogP contribution in [0.3, 0.4) is 0 Å². The third kappa shape index (κ3) is 5.50. The molecule has 166 valence electrons. The summed E-state index contributed by atoms with van der Waals surface area (Å²) in [5.74, 6) is -0.915. The lowest BCUT2D eigenvalue weighted by Gasteiger charge is -2.22. The number of halogens is 1. The number of carbonyl (C=O) groups excluding carboxylic acids is 2. The summed E-state index contributed by atoms with van der Waals surface area (Å²) in [6, 6.07) is 7.37. The number of rotatable bonds is 7. The summed E-state index contributed by atoms with van der Waals surface area (Å²) in [5, 5.41) is 12.8. The zero-order valence-corrected chi connectivity index (χ0v) is 18.0. The predicted octanol–water partition coefficient (Wildman–Crippen LogP) is 1.05. The van der Waals surface area contributed by atoms with Gasteiger partial charge in [-0.15, -0.1) is 0 Å². The lowest BCUT2D eigenvalue weighted by Crippen LogP contribution is -2.42. The van der Waals surface area contributed by atoms with Crippen LogP contribution in [0.1, 0.15) is 6.42 Å².